The zero-order valence-electron chi connectivity index (χ0n) is 10.2. The van der Waals surface area contributed by atoms with Crippen molar-refractivity contribution in [2.45, 2.75) is 32.4 Å². The van der Waals surface area contributed by atoms with Crippen LogP contribution in [0.5, 0.6) is 0 Å². The van der Waals surface area contributed by atoms with E-state index in [1.54, 1.807) is 0 Å². The number of carboxylic acids is 1. The topological polar surface area (TPSA) is 104 Å². The quantitative estimate of drug-likeness (QED) is 0.604. The van der Waals surface area contributed by atoms with Crippen LogP contribution in [0.15, 0.2) is 0 Å². The highest BCUT2D eigenvalue weighted by Gasteiger charge is 2.41. The lowest BCUT2D eigenvalue weighted by molar-refractivity contribution is -0.150. The predicted molar refractivity (Wildman–Crippen MR) is 61.1 cm³/mol. The van der Waals surface area contributed by atoms with E-state index >= 15 is 0 Å². The molecule has 0 aromatic rings. The molecule has 0 spiro atoms. The average molecular weight is 244 g/mol. The first kappa shape index (κ1) is 13.9. The molecule has 0 aliphatic carbocycles. The van der Waals surface area contributed by atoms with Gasteiger partial charge in [0.25, 0.3) is 0 Å². The van der Waals surface area contributed by atoms with Gasteiger partial charge in [0.2, 0.25) is 5.91 Å². The van der Waals surface area contributed by atoms with Gasteiger partial charge in [-0.2, -0.15) is 0 Å². The van der Waals surface area contributed by atoms with Crippen molar-refractivity contribution in [1.82, 2.24) is 4.90 Å². The fourth-order valence-corrected chi connectivity index (χ4v) is 2.16. The molecule has 1 unspecified atom stereocenters. The van der Waals surface area contributed by atoms with Crippen LogP contribution in [0, 0.1) is 11.8 Å². The van der Waals surface area contributed by atoms with Crippen LogP contribution in [-0.4, -0.2) is 52.2 Å². The first-order valence-corrected chi connectivity index (χ1v) is 5.79. The molecule has 1 fully saturated rings. The number of carbonyl (C=O) groups is 2. The van der Waals surface area contributed by atoms with Gasteiger partial charge in [0.15, 0.2) is 0 Å². The molecular weight excluding hydrogens is 224 g/mol. The Kier molecular flexibility index (Phi) is 4.47. The van der Waals surface area contributed by atoms with Gasteiger partial charge in [-0.05, 0) is 5.92 Å². The molecule has 1 aliphatic heterocycles. The molecule has 1 saturated heterocycles. The van der Waals surface area contributed by atoms with Gasteiger partial charge in [-0.25, -0.2) is 4.79 Å². The Morgan fingerprint density at radius 2 is 2.06 bits per heavy atom. The van der Waals surface area contributed by atoms with Crippen molar-refractivity contribution in [3.8, 4) is 0 Å². The Morgan fingerprint density at radius 3 is 2.47 bits per heavy atom. The van der Waals surface area contributed by atoms with Gasteiger partial charge in [-0.15, -0.1) is 0 Å². The van der Waals surface area contributed by atoms with Crippen LogP contribution in [0.2, 0.25) is 0 Å². The fraction of sp³-hybridized carbons (Fsp3) is 0.818. The largest absolute Gasteiger partial charge is 0.480 e. The van der Waals surface area contributed by atoms with Crippen molar-refractivity contribution >= 4 is 11.9 Å². The standard InChI is InChI=1S/C11H20N2O4/c1-6(2)8(4-12)10(15)13-5-7(14)3-9(13)11(16)17/h6-9,14H,3-5,12H2,1-2H3,(H,16,17)/t7-,8?,9-/m0/s1. The number of carbonyl (C=O) groups excluding carboxylic acids is 1. The number of aliphatic carboxylic acids is 1. The summed E-state index contributed by atoms with van der Waals surface area (Å²) in [6.07, 6.45) is -0.665. The summed E-state index contributed by atoms with van der Waals surface area (Å²) in [7, 11) is 0. The van der Waals surface area contributed by atoms with Crippen LogP contribution in [0.25, 0.3) is 0 Å². The van der Waals surface area contributed by atoms with Gasteiger partial charge >= 0.3 is 5.97 Å². The van der Waals surface area contributed by atoms with Gasteiger partial charge in [0.05, 0.1) is 12.0 Å². The van der Waals surface area contributed by atoms with Crippen molar-refractivity contribution in [2.24, 2.45) is 17.6 Å². The predicted octanol–water partition coefficient (Wildman–Crippen LogP) is -0.736. The van der Waals surface area contributed by atoms with E-state index in [2.05, 4.69) is 0 Å². The second-order valence-electron chi connectivity index (χ2n) is 4.82. The van der Waals surface area contributed by atoms with Gasteiger partial charge in [-0.1, -0.05) is 13.8 Å². The highest BCUT2D eigenvalue weighted by Crippen LogP contribution is 2.23. The number of β-amino-alcohol motifs (C(OH)–C–C–N with tert-alkyl or cyclic N) is 1. The molecule has 0 aromatic carbocycles. The fourth-order valence-electron chi connectivity index (χ4n) is 2.16. The molecule has 1 amide bonds. The summed E-state index contributed by atoms with van der Waals surface area (Å²) < 4.78 is 0. The summed E-state index contributed by atoms with van der Waals surface area (Å²) in [4.78, 5) is 24.4. The lowest BCUT2D eigenvalue weighted by Crippen LogP contribution is -2.46. The monoisotopic (exact) mass is 244 g/mol. The SMILES string of the molecule is CC(C)C(CN)C(=O)N1C[C@@H](O)C[C@H]1C(=O)O. The third-order valence-electron chi connectivity index (χ3n) is 3.22. The normalized spacial score (nSPS) is 26.3. The second kappa shape index (κ2) is 5.46. The Balaban J connectivity index is 2.83. The van der Waals surface area contributed by atoms with Crippen molar-refractivity contribution in [3.63, 3.8) is 0 Å². The van der Waals surface area contributed by atoms with Crippen LogP contribution in [0.3, 0.4) is 0 Å². The van der Waals surface area contributed by atoms with Gasteiger partial charge in [0, 0.05) is 19.5 Å². The van der Waals surface area contributed by atoms with E-state index in [-0.39, 0.29) is 37.3 Å². The van der Waals surface area contributed by atoms with Crippen LogP contribution >= 0.6 is 0 Å². The van der Waals surface area contributed by atoms with Gasteiger partial charge < -0.3 is 20.8 Å². The number of hydrogen-bond acceptors (Lipinski definition) is 4. The van der Waals surface area contributed by atoms with Crippen LogP contribution in [-0.2, 0) is 9.59 Å². The van der Waals surface area contributed by atoms with Gasteiger partial charge in [0.1, 0.15) is 6.04 Å². The number of rotatable bonds is 4. The molecule has 3 atom stereocenters. The van der Waals surface area contributed by atoms with Gasteiger partial charge in [-0.3, -0.25) is 4.79 Å². The highest BCUT2D eigenvalue weighted by molar-refractivity contribution is 5.86. The summed E-state index contributed by atoms with van der Waals surface area (Å²) in [5.41, 5.74) is 5.54. The lowest BCUT2D eigenvalue weighted by Gasteiger charge is -2.27. The summed E-state index contributed by atoms with van der Waals surface area (Å²) >= 11 is 0. The van der Waals surface area contributed by atoms with Crippen molar-refractivity contribution in [1.29, 1.82) is 0 Å². The van der Waals surface area contributed by atoms with E-state index in [0.717, 1.165) is 0 Å². The Bertz CT molecular complexity index is 306. The molecule has 1 heterocycles. The zero-order valence-corrected chi connectivity index (χ0v) is 10.2. The van der Waals surface area contributed by atoms with Crippen LogP contribution in [0.1, 0.15) is 20.3 Å². The van der Waals surface area contributed by atoms with Crippen molar-refractivity contribution < 1.29 is 19.8 Å². The Morgan fingerprint density at radius 1 is 1.47 bits per heavy atom. The number of likely N-dealkylation sites (tertiary alicyclic amines) is 1. The minimum absolute atomic E-state index is 0.0553. The first-order chi connectivity index (χ1) is 7.88. The maximum atomic E-state index is 12.1. The number of hydrogen-bond donors (Lipinski definition) is 3. The number of aliphatic hydroxyl groups excluding tert-OH is 1. The minimum Gasteiger partial charge on any atom is -0.480 e. The molecule has 0 radical (unpaired) electrons. The van der Waals surface area contributed by atoms with E-state index < -0.39 is 18.1 Å². The average Bonchev–Trinajstić information content (AvgIpc) is 2.60. The van der Waals surface area contributed by atoms with E-state index in [1.165, 1.54) is 4.90 Å². The molecule has 1 rings (SSSR count). The van der Waals surface area contributed by atoms with Crippen molar-refractivity contribution in [3.05, 3.63) is 0 Å². The zero-order chi connectivity index (χ0) is 13.2. The molecule has 1 aliphatic rings. The van der Waals surface area contributed by atoms with Crippen molar-refractivity contribution in [2.75, 3.05) is 13.1 Å². The summed E-state index contributed by atoms with van der Waals surface area (Å²) in [6.45, 7) is 4.02. The highest BCUT2D eigenvalue weighted by atomic mass is 16.4. The molecule has 6 heteroatoms. The van der Waals surface area contributed by atoms with E-state index in [4.69, 9.17) is 10.8 Å². The summed E-state index contributed by atoms with van der Waals surface area (Å²) in [5.74, 6) is -1.68. The molecular formula is C11H20N2O4. The third-order valence-corrected chi connectivity index (χ3v) is 3.22. The summed E-state index contributed by atoms with van der Waals surface area (Å²) in [6, 6.07) is -0.926. The molecule has 17 heavy (non-hydrogen) atoms. The number of aliphatic hydroxyl groups is 1. The second-order valence-corrected chi connectivity index (χ2v) is 4.82. The van der Waals surface area contributed by atoms with E-state index in [9.17, 15) is 14.7 Å². The lowest BCUT2D eigenvalue weighted by atomic mass is 9.94. The Hall–Kier alpha value is -1.14. The number of nitrogens with two attached hydrogens (primary N) is 1. The number of amides is 1. The number of carboxylic acid groups (broad SMARTS) is 1. The Labute approximate surface area is 100 Å². The molecule has 4 N–H and O–H groups in total. The first-order valence-electron chi connectivity index (χ1n) is 5.79. The molecule has 0 bridgehead atoms. The molecule has 0 aromatic heterocycles. The molecule has 6 nitrogen and oxygen atoms in total. The smallest absolute Gasteiger partial charge is 0.326 e. The van der Waals surface area contributed by atoms with E-state index in [0.29, 0.717) is 0 Å². The molecule has 98 valence electrons. The maximum absolute atomic E-state index is 12.1. The summed E-state index contributed by atoms with van der Waals surface area (Å²) in [5, 5.41) is 18.5. The van der Waals surface area contributed by atoms with E-state index in [1.807, 2.05) is 13.8 Å². The van der Waals surface area contributed by atoms with Crippen LogP contribution < -0.4 is 5.73 Å². The van der Waals surface area contributed by atoms with Crippen LogP contribution in [0.4, 0.5) is 0 Å². The molecule has 0 saturated carbocycles. The number of nitrogens with zero attached hydrogens (tertiary/aromatic N) is 1. The maximum Gasteiger partial charge on any atom is 0.326 e. The minimum atomic E-state index is -1.07. The third kappa shape index (κ3) is 2.95.